The van der Waals surface area contributed by atoms with Gasteiger partial charge in [0.2, 0.25) is 0 Å². The van der Waals surface area contributed by atoms with Gasteiger partial charge in [0.25, 0.3) is 0 Å². The molecule has 0 aliphatic carbocycles. The Morgan fingerprint density at radius 3 is 3.00 bits per heavy atom. The van der Waals surface area contributed by atoms with Gasteiger partial charge in [0.05, 0.1) is 10.6 Å². The molecule has 2 aliphatic heterocycles. The summed E-state index contributed by atoms with van der Waals surface area (Å²) < 4.78 is 0. The molecule has 0 bridgehead atoms. The fourth-order valence-corrected chi connectivity index (χ4v) is 3.68. The molecule has 2 aliphatic rings. The average Bonchev–Trinajstić information content (AvgIpc) is 3.01. The van der Waals surface area contributed by atoms with Gasteiger partial charge in [0.1, 0.15) is 11.9 Å². The smallest absolute Gasteiger partial charge is 0.147 e. The van der Waals surface area contributed by atoms with Crippen LogP contribution in [0.2, 0.25) is 5.02 Å². The van der Waals surface area contributed by atoms with E-state index in [0.717, 1.165) is 43.8 Å². The first-order chi connectivity index (χ1) is 9.78. The number of aromatic nitrogens is 1. The van der Waals surface area contributed by atoms with E-state index in [1.165, 1.54) is 19.3 Å². The highest BCUT2D eigenvalue weighted by molar-refractivity contribution is 6.33. The molecular weight excluding hydrogens is 272 g/mol. The summed E-state index contributed by atoms with van der Waals surface area (Å²) in [6.07, 6.45) is 5.39. The van der Waals surface area contributed by atoms with Crippen LogP contribution in [0.1, 0.15) is 24.8 Å². The minimum Gasteiger partial charge on any atom is -0.355 e. The molecule has 5 heteroatoms. The maximum atomic E-state index is 8.88. The van der Waals surface area contributed by atoms with E-state index in [1.807, 2.05) is 0 Å². The zero-order chi connectivity index (χ0) is 13.9. The molecule has 3 rings (SSSR count). The lowest BCUT2D eigenvalue weighted by atomic mass is 9.85. The highest BCUT2D eigenvalue weighted by atomic mass is 35.5. The molecule has 106 valence electrons. The summed E-state index contributed by atoms with van der Waals surface area (Å²) in [6.45, 7) is 4.34. The number of nitrogens with one attached hydrogen (secondary N) is 1. The molecule has 2 saturated heterocycles. The van der Waals surface area contributed by atoms with E-state index >= 15 is 0 Å². The zero-order valence-corrected chi connectivity index (χ0v) is 12.2. The molecule has 3 heterocycles. The van der Waals surface area contributed by atoms with Gasteiger partial charge in [-0.15, -0.1) is 0 Å². The Hall–Kier alpha value is -1.31. The van der Waals surface area contributed by atoms with Crippen LogP contribution in [0.4, 0.5) is 5.82 Å². The van der Waals surface area contributed by atoms with Crippen LogP contribution in [0, 0.1) is 23.2 Å². The molecule has 0 aromatic carbocycles. The van der Waals surface area contributed by atoms with E-state index in [0.29, 0.717) is 10.6 Å². The van der Waals surface area contributed by atoms with E-state index in [2.05, 4.69) is 21.3 Å². The second kappa shape index (κ2) is 5.99. The minimum atomic E-state index is 0.521. The van der Waals surface area contributed by atoms with Gasteiger partial charge in [0, 0.05) is 19.3 Å². The topological polar surface area (TPSA) is 52.0 Å². The normalized spacial score (nSPS) is 26.5. The van der Waals surface area contributed by atoms with Crippen molar-refractivity contribution in [3.05, 3.63) is 22.8 Å². The van der Waals surface area contributed by atoms with Gasteiger partial charge >= 0.3 is 0 Å². The van der Waals surface area contributed by atoms with Crippen molar-refractivity contribution in [1.82, 2.24) is 10.3 Å². The van der Waals surface area contributed by atoms with Gasteiger partial charge in [0.15, 0.2) is 0 Å². The summed E-state index contributed by atoms with van der Waals surface area (Å²) in [5.74, 6) is 2.35. The SMILES string of the molecule is N#Cc1cnc(N2CCCC(C3CCNC3)C2)c(Cl)c1. The maximum Gasteiger partial charge on any atom is 0.147 e. The maximum absolute atomic E-state index is 8.88. The van der Waals surface area contributed by atoms with Crippen molar-refractivity contribution < 1.29 is 0 Å². The molecule has 2 atom stereocenters. The van der Waals surface area contributed by atoms with Gasteiger partial charge in [-0.3, -0.25) is 0 Å². The van der Waals surface area contributed by atoms with Crippen LogP contribution in [0.25, 0.3) is 0 Å². The van der Waals surface area contributed by atoms with Gasteiger partial charge in [-0.2, -0.15) is 5.26 Å². The third kappa shape index (κ3) is 2.74. The minimum absolute atomic E-state index is 0.521. The molecule has 1 aromatic heterocycles. The Labute approximate surface area is 124 Å². The number of halogens is 1. The molecule has 1 aromatic rings. The van der Waals surface area contributed by atoms with Crippen LogP contribution in [-0.4, -0.2) is 31.2 Å². The summed E-state index contributed by atoms with van der Waals surface area (Å²) in [7, 11) is 0. The predicted octanol–water partition coefficient (Wildman–Crippen LogP) is 2.43. The van der Waals surface area contributed by atoms with Crippen molar-refractivity contribution in [1.29, 1.82) is 5.26 Å². The first-order valence-electron chi connectivity index (χ1n) is 7.29. The van der Waals surface area contributed by atoms with Gasteiger partial charge in [-0.1, -0.05) is 11.6 Å². The molecule has 2 fully saturated rings. The molecule has 4 nitrogen and oxygen atoms in total. The molecule has 20 heavy (non-hydrogen) atoms. The van der Waals surface area contributed by atoms with E-state index < -0.39 is 0 Å². The van der Waals surface area contributed by atoms with Crippen LogP contribution in [-0.2, 0) is 0 Å². The van der Waals surface area contributed by atoms with Gasteiger partial charge in [-0.05, 0) is 50.3 Å². The third-order valence-electron chi connectivity index (χ3n) is 4.47. The standard InChI is InChI=1S/C15H19ClN4/c16-14-6-11(7-17)8-19-15(14)20-5-1-2-13(10-20)12-3-4-18-9-12/h6,8,12-13,18H,1-5,9-10H2. The van der Waals surface area contributed by atoms with E-state index in [9.17, 15) is 0 Å². The summed E-state index contributed by atoms with van der Waals surface area (Å²) in [4.78, 5) is 6.68. The van der Waals surface area contributed by atoms with Crippen LogP contribution < -0.4 is 10.2 Å². The van der Waals surface area contributed by atoms with Crippen molar-refractivity contribution in [3.63, 3.8) is 0 Å². The molecule has 1 N–H and O–H groups in total. The first kappa shape index (κ1) is 13.7. The number of piperidine rings is 1. The van der Waals surface area contributed by atoms with E-state index in [1.54, 1.807) is 12.3 Å². The average molecular weight is 291 g/mol. The fourth-order valence-electron chi connectivity index (χ4n) is 3.39. The number of rotatable bonds is 2. The van der Waals surface area contributed by atoms with Crippen molar-refractivity contribution in [2.75, 3.05) is 31.1 Å². The van der Waals surface area contributed by atoms with Crippen molar-refractivity contribution in [2.24, 2.45) is 11.8 Å². The summed E-state index contributed by atoms with van der Waals surface area (Å²) in [5, 5.41) is 12.9. The Kier molecular flexibility index (Phi) is 4.09. The third-order valence-corrected chi connectivity index (χ3v) is 4.75. The number of hydrogen-bond acceptors (Lipinski definition) is 4. The predicted molar refractivity (Wildman–Crippen MR) is 79.9 cm³/mol. The Morgan fingerprint density at radius 2 is 2.30 bits per heavy atom. The van der Waals surface area contributed by atoms with E-state index in [4.69, 9.17) is 16.9 Å². The number of anilines is 1. The van der Waals surface area contributed by atoms with E-state index in [-0.39, 0.29) is 0 Å². The van der Waals surface area contributed by atoms with Crippen LogP contribution in [0.5, 0.6) is 0 Å². The van der Waals surface area contributed by atoms with Crippen molar-refractivity contribution in [3.8, 4) is 6.07 Å². The van der Waals surface area contributed by atoms with Crippen molar-refractivity contribution in [2.45, 2.75) is 19.3 Å². The summed E-state index contributed by atoms with van der Waals surface area (Å²) in [6, 6.07) is 3.79. The molecule has 0 amide bonds. The van der Waals surface area contributed by atoms with Gasteiger partial charge < -0.3 is 10.2 Å². The lowest BCUT2D eigenvalue weighted by Gasteiger charge is -2.36. The number of hydrogen-bond donors (Lipinski definition) is 1. The Morgan fingerprint density at radius 1 is 1.40 bits per heavy atom. The Balaban J connectivity index is 1.74. The largest absolute Gasteiger partial charge is 0.355 e. The lowest BCUT2D eigenvalue weighted by molar-refractivity contribution is 0.301. The number of pyridine rings is 1. The first-order valence-corrected chi connectivity index (χ1v) is 7.67. The summed E-state index contributed by atoms with van der Waals surface area (Å²) in [5.41, 5.74) is 0.521. The molecule has 0 saturated carbocycles. The van der Waals surface area contributed by atoms with Crippen molar-refractivity contribution >= 4 is 17.4 Å². The van der Waals surface area contributed by atoms with Gasteiger partial charge in [-0.25, -0.2) is 4.98 Å². The van der Waals surface area contributed by atoms with Crippen LogP contribution in [0.15, 0.2) is 12.3 Å². The quantitative estimate of drug-likeness (QED) is 0.909. The number of nitriles is 1. The summed E-state index contributed by atoms with van der Waals surface area (Å²) >= 11 is 6.28. The molecule has 0 radical (unpaired) electrons. The lowest BCUT2D eigenvalue weighted by Crippen LogP contribution is -2.39. The van der Waals surface area contributed by atoms with Crippen LogP contribution >= 0.6 is 11.6 Å². The monoisotopic (exact) mass is 290 g/mol. The number of nitrogens with zero attached hydrogens (tertiary/aromatic N) is 3. The fraction of sp³-hybridized carbons (Fsp3) is 0.600. The zero-order valence-electron chi connectivity index (χ0n) is 11.5. The molecule has 0 spiro atoms. The Bertz CT molecular complexity index is 519. The van der Waals surface area contributed by atoms with Crippen LogP contribution in [0.3, 0.4) is 0 Å². The highest BCUT2D eigenvalue weighted by Gasteiger charge is 2.30. The second-order valence-electron chi connectivity index (χ2n) is 5.74. The molecular formula is C15H19ClN4. The second-order valence-corrected chi connectivity index (χ2v) is 6.15. The highest BCUT2D eigenvalue weighted by Crippen LogP contribution is 2.32. The molecule has 2 unspecified atom stereocenters.